The fraction of sp³-hybridized carbons (Fsp3) is 0.118. The SMILES string of the molecule is COc1ccc2sc(C(=O)NC(=O)c3cc(Cl)cnc3OC)cc2c1. The smallest absolute Gasteiger partial charge is 0.268 e. The van der Waals surface area contributed by atoms with E-state index in [9.17, 15) is 9.59 Å². The monoisotopic (exact) mass is 376 g/mol. The fourth-order valence-electron chi connectivity index (χ4n) is 2.24. The molecule has 0 saturated carbocycles. The van der Waals surface area contributed by atoms with Crippen LogP contribution in [0.15, 0.2) is 36.5 Å². The average molecular weight is 377 g/mol. The Morgan fingerprint density at radius 2 is 1.92 bits per heavy atom. The summed E-state index contributed by atoms with van der Waals surface area (Å²) in [6, 6.07) is 8.61. The van der Waals surface area contributed by atoms with Gasteiger partial charge in [0.1, 0.15) is 11.3 Å². The van der Waals surface area contributed by atoms with E-state index in [4.69, 9.17) is 21.1 Å². The summed E-state index contributed by atoms with van der Waals surface area (Å²) in [6.45, 7) is 0. The molecule has 0 unspecified atom stereocenters. The zero-order valence-electron chi connectivity index (χ0n) is 13.3. The molecule has 2 aromatic heterocycles. The lowest BCUT2D eigenvalue weighted by Gasteiger charge is -2.07. The molecule has 6 nitrogen and oxygen atoms in total. The molecule has 0 spiro atoms. The molecule has 2 heterocycles. The highest BCUT2D eigenvalue weighted by molar-refractivity contribution is 7.20. The van der Waals surface area contributed by atoms with Crippen LogP contribution in [0.2, 0.25) is 5.02 Å². The molecule has 3 rings (SSSR count). The third kappa shape index (κ3) is 3.57. The van der Waals surface area contributed by atoms with E-state index >= 15 is 0 Å². The van der Waals surface area contributed by atoms with Gasteiger partial charge in [0.2, 0.25) is 5.88 Å². The molecule has 25 heavy (non-hydrogen) atoms. The molecule has 0 bridgehead atoms. The average Bonchev–Trinajstić information content (AvgIpc) is 3.04. The second-order valence-corrected chi connectivity index (χ2v) is 6.53. The molecule has 1 aromatic carbocycles. The number of hydrogen-bond acceptors (Lipinski definition) is 6. The number of carbonyl (C=O) groups is 2. The first kappa shape index (κ1) is 17.2. The Labute approximate surface area is 152 Å². The summed E-state index contributed by atoms with van der Waals surface area (Å²) < 4.78 is 11.1. The zero-order valence-corrected chi connectivity index (χ0v) is 14.9. The van der Waals surface area contributed by atoms with Gasteiger partial charge in [-0.25, -0.2) is 4.98 Å². The lowest BCUT2D eigenvalue weighted by Crippen LogP contribution is -2.30. The van der Waals surface area contributed by atoms with Crippen molar-refractivity contribution in [2.24, 2.45) is 0 Å². The standard InChI is InChI=1S/C17H13ClN2O4S/c1-23-11-3-4-13-9(5-11)6-14(25-13)16(22)20-15(21)12-7-10(18)8-19-17(12)24-2/h3-8H,1-2H3,(H,20,21,22). The highest BCUT2D eigenvalue weighted by Gasteiger charge is 2.19. The van der Waals surface area contributed by atoms with Gasteiger partial charge in [-0.2, -0.15) is 0 Å². The van der Waals surface area contributed by atoms with Crippen LogP contribution in [-0.4, -0.2) is 31.0 Å². The van der Waals surface area contributed by atoms with Crippen molar-refractivity contribution in [3.05, 3.63) is 52.0 Å². The summed E-state index contributed by atoms with van der Waals surface area (Å²) in [4.78, 5) is 29.1. The number of aromatic nitrogens is 1. The Kier molecular flexibility index (Phi) is 4.87. The number of fused-ring (bicyclic) bond motifs is 1. The molecule has 3 aromatic rings. The third-order valence-electron chi connectivity index (χ3n) is 3.43. The molecule has 0 radical (unpaired) electrons. The van der Waals surface area contributed by atoms with Gasteiger partial charge in [0.05, 0.1) is 24.1 Å². The minimum absolute atomic E-state index is 0.0890. The summed E-state index contributed by atoms with van der Waals surface area (Å²) in [5.74, 6) is -0.349. The number of hydrogen-bond donors (Lipinski definition) is 1. The van der Waals surface area contributed by atoms with Crippen molar-refractivity contribution in [1.29, 1.82) is 0 Å². The van der Waals surface area contributed by atoms with E-state index in [0.29, 0.717) is 10.6 Å². The Morgan fingerprint density at radius 3 is 2.64 bits per heavy atom. The Bertz CT molecular complexity index is 970. The van der Waals surface area contributed by atoms with Gasteiger partial charge in [-0.1, -0.05) is 11.6 Å². The molecule has 1 N–H and O–H groups in total. The number of halogens is 1. The summed E-state index contributed by atoms with van der Waals surface area (Å²) in [5.41, 5.74) is 0.0890. The second-order valence-electron chi connectivity index (χ2n) is 5.01. The zero-order chi connectivity index (χ0) is 18.0. The van der Waals surface area contributed by atoms with E-state index in [1.165, 1.54) is 30.7 Å². The highest BCUT2D eigenvalue weighted by atomic mass is 35.5. The number of ether oxygens (including phenoxy) is 2. The van der Waals surface area contributed by atoms with Crippen LogP contribution in [0, 0.1) is 0 Å². The van der Waals surface area contributed by atoms with Gasteiger partial charge >= 0.3 is 0 Å². The molecule has 0 saturated heterocycles. The van der Waals surface area contributed by atoms with Crippen molar-refractivity contribution in [1.82, 2.24) is 10.3 Å². The molecular formula is C17H13ClN2O4S. The number of benzene rings is 1. The van der Waals surface area contributed by atoms with Gasteiger partial charge in [-0.15, -0.1) is 11.3 Å². The molecular weight excluding hydrogens is 364 g/mol. The van der Waals surface area contributed by atoms with Crippen LogP contribution >= 0.6 is 22.9 Å². The maximum atomic E-state index is 12.4. The van der Waals surface area contributed by atoms with E-state index in [2.05, 4.69) is 10.3 Å². The quantitative estimate of drug-likeness (QED) is 0.705. The maximum Gasteiger partial charge on any atom is 0.268 e. The summed E-state index contributed by atoms with van der Waals surface area (Å²) in [5, 5.41) is 3.46. The van der Waals surface area contributed by atoms with Crippen molar-refractivity contribution in [2.45, 2.75) is 0 Å². The number of rotatable bonds is 4. The summed E-state index contributed by atoms with van der Waals surface area (Å²) in [7, 11) is 2.96. The number of methoxy groups -OCH3 is 2. The van der Waals surface area contributed by atoms with E-state index in [-0.39, 0.29) is 16.5 Å². The first-order valence-electron chi connectivity index (χ1n) is 7.14. The largest absolute Gasteiger partial charge is 0.497 e. The molecule has 0 aliphatic rings. The second kappa shape index (κ2) is 7.08. The van der Waals surface area contributed by atoms with E-state index in [1.807, 2.05) is 18.2 Å². The van der Waals surface area contributed by atoms with E-state index in [1.54, 1.807) is 13.2 Å². The van der Waals surface area contributed by atoms with Crippen LogP contribution in [0.25, 0.3) is 10.1 Å². The van der Waals surface area contributed by atoms with Gasteiger partial charge in [0.25, 0.3) is 11.8 Å². The van der Waals surface area contributed by atoms with Gasteiger partial charge in [0, 0.05) is 10.9 Å². The van der Waals surface area contributed by atoms with Crippen molar-refractivity contribution < 1.29 is 19.1 Å². The molecule has 128 valence electrons. The van der Waals surface area contributed by atoms with Crippen molar-refractivity contribution >= 4 is 44.8 Å². The Hall–Kier alpha value is -2.64. The minimum Gasteiger partial charge on any atom is -0.497 e. The van der Waals surface area contributed by atoms with Gasteiger partial charge in [0.15, 0.2) is 0 Å². The normalized spacial score (nSPS) is 10.5. The Balaban J connectivity index is 1.84. The predicted octanol–water partition coefficient (Wildman–Crippen LogP) is 3.54. The number of thiophene rings is 1. The maximum absolute atomic E-state index is 12.4. The molecule has 2 amide bonds. The third-order valence-corrected chi connectivity index (χ3v) is 4.75. The Morgan fingerprint density at radius 1 is 1.12 bits per heavy atom. The van der Waals surface area contributed by atoms with Crippen LogP contribution in [0.5, 0.6) is 11.6 Å². The molecule has 0 aliphatic heterocycles. The number of pyridine rings is 1. The molecule has 0 atom stereocenters. The predicted molar refractivity (Wildman–Crippen MR) is 96.0 cm³/mol. The van der Waals surface area contributed by atoms with Crippen LogP contribution in [0.1, 0.15) is 20.0 Å². The molecule has 8 heteroatoms. The van der Waals surface area contributed by atoms with Crippen LogP contribution < -0.4 is 14.8 Å². The van der Waals surface area contributed by atoms with Crippen molar-refractivity contribution in [3.63, 3.8) is 0 Å². The number of nitrogens with zero attached hydrogens (tertiary/aromatic N) is 1. The highest BCUT2D eigenvalue weighted by Crippen LogP contribution is 2.29. The number of carbonyl (C=O) groups excluding carboxylic acids is 2. The van der Waals surface area contributed by atoms with E-state index in [0.717, 1.165) is 10.1 Å². The van der Waals surface area contributed by atoms with E-state index < -0.39 is 11.8 Å². The van der Waals surface area contributed by atoms with Gasteiger partial charge in [-0.05, 0) is 35.7 Å². The fourth-order valence-corrected chi connectivity index (χ4v) is 3.34. The molecule has 0 aliphatic carbocycles. The number of nitrogens with one attached hydrogen (secondary N) is 1. The lowest BCUT2D eigenvalue weighted by molar-refractivity contribution is 0.0849. The van der Waals surface area contributed by atoms with Crippen LogP contribution in [0.3, 0.4) is 0 Å². The first-order valence-corrected chi connectivity index (χ1v) is 8.34. The van der Waals surface area contributed by atoms with Crippen molar-refractivity contribution in [2.75, 3.05) is 14.2 Å². The number of amides is 2. The molecule has 0 fully saturated rings. The van der Waals surface area contributed by atoms with Crippen molar-refractivity contribution in [3.8, 4) is 11.6 Å². The lowest BCUT2D eigenvalue weighted by atomic mass is 10.2. The number of imide groups is 1. The summed E-state index contributed by atoms with van der Waals surface area (Å²) in [6.07, 6.45) is 1.36. The summed E-state index contributed by atoms with van der Waals surface area (Å²) >= 11 is 7.14. The van der Waals surface area contributed by atoms with Gasteiger partial charge < -0.3 is 9.47 Å². The topological polar surface area (TPSA) is 77.5 Å². The van der Waals surface area contributed by atoms with Gasteiger partial charge in [-0.3, -0.25) is 14.9 Å². The van der Waals surface area contributed by atoms with Crippen LogP contribution in [-0.2, 0) is 0 Å². The van der Waals surface area contributed by atoms with Crippen LogP contribution in [0.4, 0.5) is 0 Å². The first-order chi connectivity index (χ1) is 12.0. The minimum atomic E-state index is -0.633.